The van der Waals surface area contributed by atoms with Crippen molar-refractivity contribution in [3.05, 3.63) is 35.8 Å². The number of carbonyl (C=O) groups excluding carboxylic acids is 2. The molecule has 3 fully saturated rings. The predicted molar refractivity (Wildman–Crippen MR) is 124 cm³/mol. The number of hydrogen-bond acceptors (Lipinski definition) is 8. The van der Waals surface area contributed by atoms with E-state index in [-0.39, 0.29) is 30.1 Å². The number of ether oxygens (including phenoxy) is 1. The van der Waals surface area contributed by atoms with Crippen LogP contribution >= 0.6 is 0 Å². The number of imide groups is 1. The number of aromatic nitrogens is 2. The monoisotopic (exact) mass is 466 g/mol. The highest BCUT2D eigenvalue weighted by Crippen LogP contribution is 2.46. The number of morpholine rings is 1. The first-order valence-electron chi connectivity index (χ1n) is 11.9. The summed E-state index contributed by atoms with van der Waals surface area (Å²) < 4.78 is 20.2. The van der Waals surface area contributed by atoms with Gasteiger partial charge in [-0.1, -0.05) is 12.8 Å². The van der Waals surface area contributed by atoms with Crippen LogP contribution in [0.1, 0.15) is 37.7 Å². The molecule has 2 aromatic rings. The molecule has 1 spiro atoms. The molecule has 1 aliphatic carbocycles. The third-order valence-corrected chi connectivity index (χ3v) is 7.39. The van der Waals surface area contributed by atoms with Crippen LogP contribution in [0.4, 0.5) is 27.5 Å². The van der Waals surface area contributed by atoms with Crippen LogP contribution in [-0.2, 0) is 20.7 Å². The highest BCUT2D eigenvalue weighted by atomic mass is 19.1. The topological polar surface area (TPSA) is 99.7 Å². The van der Waals surface area contributed by atoms with Gasteiger partial charge in [0.25, 0.3) is 5.91 Å². The molecule has 0 radical (unpaired) electrons. The molecular weight excluding hydrogens is 439 g/mol. The molecule has 3 aliphatic heterocycles. The highest BCUT2D eigenvalue weighted by Gasteiger charge is 2.58. The molecule has 1 atom stereocenters. The number of fused-ring (bicyclic) bond motifs is 1. The molecule has 10 heteroatoms. The van der Waals surface area contributed by atoms with Gasteiger partial charge in [0.1, 0.15) is 17.2 Å². The summed E-state index contributed by atoms with van der Waals surface area (Å²) in [6.07, 6.45) is 6.37. The Morgan fingerprint density at radius 3 is 2.65 bits per heavy atom. The Bertz CT molecular complexity index is 1150. The van der Waals surface area contributed by atoms with Gasteiger partial charge in [0.05, 0.1) is 25.3 Å². The van der Waals surface area contributed by atoms with E-state index < -0.39 is 5.54 Å². The van der Waals surface area contributed by atoms with Crippen LogP contribution in [0, 0.1) is 5.82 Å². The minimum absolute atomic E-state index is 0.135. The molecule has 34 heavy (non-hydrogen) atoms. The van der Waals surface area contributed by atoms with E-state index in [0.717, 1.165) is 31.2 Å². The van der Waals surface area contributed by atoms with E-state index in [9.17, 15) is 14.0 Å². The van der Waals surface area contributed by atoms with E-state index in [0.29, 0.717) is 55.9 Å². The summed E-state index contributed by atoms with van der Waals surface area (Å²) in [6.45, 7) is 2.49. The minimum atomic E-state index is -0.923. The average molecular weight is 467 g/mol. The van der Waals surface area contributed by atoms with Gasteiger partial charge in [-0.2, -0.15) is 4.98 Å². The normalized spacial score (nSPS) is 24.7. The molecule has 1 saturated carbocycles. The fourth-order valence-corrected chi connectivity index (χ4v) is 5.82. The molecule has 1 aromatic heterocycles. The SMILES string of the molecule is O=C1CC2(Cc3cnc(Nc4ccc(N5CCOCC5)c(F)c4)nc3N2C2CCCC2)C(=O)N1. The molecule has 178 valence electrons. The molecule has 4 aliphatic rings. The largest absolute Gasteiger partial charge is 0.378 e. The maximum Gasteiger partial charge on any atom is 0.253 e. The first kappa shape index (κ1) is 21.3. The van der Waals surface area contributed by atoms with Crippen molar-refractivity contribution in [3.63, 3.8) is 0 Å². The number of rotatable bonds is 4. The number of amides is 2. The number of carbonyl (C=O) groups is 2. The molecule has 2 amide bonds. The van der Waals surface area contributed by atoms with Gasteiger partial charge >= 0.3 is 0 Å². The van der Waals surface area contributed by atoms with Crippen molar-refractivity contribution in [1.29, 1.82) is 0 Å². The summed E-state index contributed by atoms with van der Waals surface area (Å²) in [7, 11) is 0. The van der Waals surface area contributed by atoms with Crippen LogP contribution < -0.4 is 20.4 Å². The second-order valence-electron chi connectivity index (χ2n) is 9.50. The van der Waals surface area contributed by atoms with Crippen molar-refractivity contribution < 1.29 is 18.7 Å². The highest BCUT2D eigenvalue weighted by molar-refractivity contribution is 6.11. The van der Waals surface area contributed by atoms with Crippen LogP contribution in [0.15, 0.2) is 24.4 Å². The summed E-state index contributed by atoms with van der Waals surface area (Å²) in [4.78, 5) is 38.3. The number of nitrogens with zero attached hydrogens (tertiary/aromatic N) is 4. The zero-order valence-electron chi connectivity index (χ0n) is 18.8. The van der Waals surface area contributed by atoms with Crippen LogP contribution in [0.25, 0.3) is 0 Å². The standard InChI is InChI=1S/C24H27FN6O3/c25-18-11-16(5-6-19(18)30-7-9-34-10-8-30)27-23-26-14-15-12-24(13-20(32)28-22(24)33)31(21(15)29-23)17-3-1-2-4-17/h5-6,11,14,17H,1-4,7-10,12-13H2,(H,26,27,29)(H,28,32,33). The number of benzene rings is 1. The quantitative estimate of drug-likeness (QED) is 0.663. The molecule has 9 nitrogen and oxygen atoms in total. The average Bonchev–Trinajstić information content (AvgIpc) is 3.52. The second kappa shape index (κ2) is 8.19. The molecule has 2 saturated heterocycles. The third kappa shape index (κ3) is 3.48. The Hall–Kier alpha value is -3.27. The van der Waals surface area contributed by atoms with Gasteiger partial charge in [-0.15, -0.1) is 0 Å². The molecule has 1 aromatic carbocycles. The van der Waals surface area contributed by atoms with Gasteiger partial charge < -0.3 is 19.9 Å². The van der Waals surface area contributed by atoms with Gasteiger partial charge in [-0.25, -0.2) is 9.37 Å². The summed E-state index contributed by atoms with van der Waals surface area (Å²) in [6, 6.07) is 5.17. The zero-order chi connectivity index (χ0) is 23.3. The minimum Gasteiger partial charge on any atom is -0.378 e. The molecule has 4 heterocycles. The van der Waals surface area contributed by atoms with Crippen molar-refractivity contribution >= 4 is 35.0 Å². The lowest BCUT2D eigenvalue weighted by atomic mass is 9.91. The first-order valence-corrected chi connectivity index (χ1v) is 11.9. The number of nitrogens with one attached hydrogen (secondary N) is 2. The summed E-state index contributed by atoms with van der Waals surface area (Å²) >= 11 is 0. The predicted octanol–water partition coefficient (Wildman–Crippen LogP) is 2.29. The molecule has 2 N–H and O–H groups in total. The molecule has 6 rings (SSSR count). The van der Waals surface area contributed by atoms with Gasteiger partial charge in [-0.05, 0) is 31.0 Å². The van der Waals surface area contributed by atoms with Gasteiger partial charge in [0, 0.05) is 43.0 Å². The number of anilines is 4. The smallest absolute Gasteiger partial charge is 0.253 e. The van der Waals surface area contributed by atoms with Crippen molar-refractivity contribution in [3.8, 4) is 0 Å². The lowest BCUT2D eigenvalue weighted by Crippen LogP contribution is -2.56. The maximum atomic E-state index is 14.9. The lowest BCUT2D eigenvalue weighted by Gasteiger charge is -2.38. The third-order valence-electron chi connectivity index (χ3n) is 7.39. The van der Waals surface area contributed by atoms with Crippen molar-refractivity contribution in [2.45, 2.75) is 50.1 Å². The number of halogens is 1. The summed E-state index contributed by atoms with van der Waals surface area (Å²) in [5.74, 6) is 0.211. The van der Waals surface area contributed by atoms with Crippen LogP contribution in [-0.4, -0.2) is 59.7 Å². The Labute approximate surface area is 196 Å². The van der Waals surface area contributed by atoms with Crippen molar-refractivity contribution in [1.82, 2.24) is 15.3 Å². The van der Waals surface area contributed by atoms with Gasteiger partial charge in [0.2, 0.25) is 11.9 Å². The van der Waals surface area contributed by atoms with E-state index in [1.165, 1.54) is 6.07 Å². The van der Waals surface area contributed by atoms with Gasteiger partial charge in [0.15, 0.2) is 0 Å². The van der Waals surface area contributed by atoms with Crippen LogP contribution in [0.2, 0.25) is 0 Å². The lowest BCUT2D eigenvalue weighted by molar-refractivity contribution is -0.126. The van der Waals surface area contributed by atoms with E-state index in [4.69, 9.17) is 9.72 Å². The van der Waals surface area contributed by atoms with Gasteiger partial charge in [-0.3, -0.25) is 14.9 Å². The van der Waals surface area contributed by atoms with Crippen molar-refractivity contribution in [2.24, 2.45) is 0 Å². The van der Waals surface area contributed by atoms with Crippen LogP contribution in [0.3, 0.4) is 0 Å². The maximum absolute atomic E-state index is 14.9. The Kier molecular flexibility index (Phi) is 5.13. The Balaban J connectivity index is 1.29. The Morgan fingerprint density at radius 2 is 1.94 bits per heavy atom. The fourth-order valence-electron chi connectivity index (χ4n) is 5.82. The molecule has 0 bridgehead atoms. The van der Waals surface area contributed by atoms with Crippen LogP contribution in [0.5, 0.6) is 0 Å². The Morgan fingerprint density at radius 1 is 1.15 bits per heavy atom. The second-order valence-corrected chi connectivity index (χ2v) is 9.50. The summed E-state index contributed by atoms with van der Waals surface area (Å²) in [5.41, 5.74) is 1.03. The fraction of sp³-hybridized carbons (Fsp3) is 0.500. The molecule has 1 unspecified atom stereocenters. The zero-order valence-corrected chi connectivity index (χ0v) is 18.8. The van der Waals surface area contributed by atoms with E-state index in [1.54, 1.807) is 12.3 Å². The molecular formula is C24H27FN6O3. The number of hydrogen-bond donors (Lipinski definition) is 2. The first-order chi connectivity index (χ1) is 16.5. The van der Waals surface area contributed by atoms with E-state index >= 15 is 0 Å². The van der Waals surface area contributed by atoms with Crippen molar-refractivity contribution in [2.75, 3.05) is 41.4 Å². The van der Waals surface area contributed by atoms with E-state index in [2.05, 4.69) is 20.5 Å². The van der Waals surface area contributed by atoms with E-state index in [1.807, 2.05) is 11.0 Å². The summed E-state index contributed by atoms with van der Waals surface area (Å²) in [5, 5.41) is 5.61.